The lowest BCUT2D eigenvalue weighted by Gasteiger charge is -2.04. The molecule has 0 unspecified atom stereocenters. The first-order chi connectivity index (χ1) is 7.00. The predicted octanol–water partition coefficient (Wildman–Crippen LogP) is 3.21. The number of carbonyl (C=O) groups is 1. The van der Waals surface area contributed by atoms with E-state index in [0.717, 1.165) is 11.6 Å². The average molecular weight is 208 g/mol. The van der Waals surface area contributed by atoms with Crippen molar-refractivity contribution >= 4 is 12.0 Å². The van der Waals surface area contributed by atoms with Gasteiger partial charge in [-0.3, -0.25) is 0 Å². The van der Waals surface area contributed by atoms with Gasteiger partial charge in [-0.2, -0.15) is 4.39 Å². The summed E-state index contributed by atoms with van der Waals surface area (Å²) >= 11 is 0. The molecule has 3 heteroatoms. The number of benzene rings is 1. The number of halogens is 1. The molecule has 0 atom stereocenters. The first-order valence-corrected chi connectivity index (χ1v) is 4.71. The van der Waals surface area contributed by atoms with E-state index >= 15 is 0 Å². The topological polar surface area (TPSA) is 37.3 Å². The van der Waals surface area contributed by atoms with Gasteiger partial charge in [0.05, 0.1) is 0 Å². The lowest BCUT2D eigenvalue weighted by molar-refractivity contribution is -0.134. The summed E-state index contributed by atoms with van der Waals surface area (Å²) in [5.74, 6) is -2.28. The summed E-state index contributed by atoms with van der Waals surface area (Å²) in [5.41, 5.74) is 1.70. The van der Waals surface area contributed by atoms with Crippen LogP contribution in [0.5, 0.6) is 0 Å². The Balaban J connectivity index is 2.90. The number of aliphatic carboxylic acids is 1. The smallest absolute Gasteiger partial charge is 0.364 e. The molecule has 80 valence electrons. The van der Waals surface area contributed by atoms with E-state index in [9.17, 15) is 9.18 Å². The molecular weight excluding hydrogens is 195 g/mol. The van der Waals surface area contributed by atoms with Crippen molar-refractivity contribution in [2.75, 3.05) is 0 Å². The Morgan fingerprint density at radius 2 is 1.87 bits per heavy atom. The summed E-state index contributed by atoms with van der Waals surface area (Å²) in [5, 5.41) is 8.34. The van der Waals surface area contributed by atoms with Crippen molar-refractivity contribution in [3.8, 4) is 0 Å². The molecule has 1 aromatic carbocycles. The fourth-order valence-corrected chi connectivity index (χ4v) is 1.19. The maximum Gasteiger partial charge on any atom is 0.364 e. The first-order valence-electron chi connectivity index (χ1n) is 4.71. The fraction of sp³-hybridized carbons (Fsp3) is 0.250. The van der Waals surface area contributed by atoms with E-state index in [1.807, 2.05) is 12.1 Å². The van der Waals surface area contributed by atoms with Crippen LogP contribution in [0.15, 0.2) is 30.1 Å². The molecule has 0 saturated carbocycles. The van der Waals surface area contributed by atoms with Crippen LogP contribution in [0.4, 0.5) is 4.39 Å². The van der Waals surface area contributed by atoms with E-state index in [1.54, 1.807) is 12.1 Å². The van der Waals surface area contributed by atoms with Gasteiger partial charge in [0.25, 0.3) is 0 Å². The SMILES string of the molecule is CC(C)c1ccc(/C=C(/F)C(=O)O)cc1. The van der Waals surface area contributed by atoms with Crippen molar-refractivity contribution in [3.05, 3.63) is 41.2 Å². The van der Waals surface area contributed by atoms with Crippen molar-refractivity contribution < 1.29 is 14.3 Å². The number of carboxylic acids is 1. The lowest BCUT2D eigenvalue weighted by atomic mass is 10.0. The van der Waals surface area contributed by atoms with Crippen molar-refractivity contribution in [1.82, 2.24) is 0 Å². The Kier molecular flexibility index (Phi) is 3.61. The summed E-state index contributed by atoms with van der Waals surface area (Å²) in [6, 6.07) is 7.15. The van der Waals surface area contributed by atoms with Crippen LogP contribution in [0.1, 0.15) is 30.9 Å². The highest BCUT2D eigenvalue weighted by atomic mass is 19.1. The monoisotopic (exact) mass is 208 g/mol. The van der Waals surface area contributed by atoms with Crippen molar-refractivity contribution in [3.63, 3.8) is 0 Å². The maximum absolute atomic E-state index is 12.7. The zero-order valence-corrected chi connectivity index (χ0v) is 8.70. The highest BCUT2D eigenvalue weighted by Gasteiger charge is 2.05. The number of carboxylic acid groups (broad SMARTS) is 1. The van der Waals surface area contributed by atoms with Crippen LogP contribution >= 0.6 is 0 Å². The van der Waals surface area contributed by atoms with Crippen LogP contribution in [-0.4, -0.2) is 11.1 Å². The molecule has 0 bridgehead atoms. The van der Waals surface area contributed by atoms with Crippen LogP contribution in [0.25, 0.3) is 6.08 Å². The van der Waals surface area contributed by atoms with Gasteiger partial charge in [-0.25, -0.2) is 4.79 Å². The third kappa shape index (κ3) is 3.20. The minimum atomic E-state index is -1.54. The number of rotatable bonds is 3. The van der Waals surface area contributed by atoms with Gasteiger partial charge in [0, 0.05) is 0 Å². The van der Waals surface area contributed by atoms with Crippen LogP contribution < -0.4 is 0 Å². The molecule has 0 heterocycles. The molecule has 1 N–H and O–H groups in total. The minimum absolute atomic E-state index is 0.410. The second-order valence-electron chi connectivity index (χ2n) is 3.62. The van der Waals surface area contributed by atoms with Gasteiger partial charge in [-0.15, -0.1) is 0 Å². The van der Waals surface area contributed by atoms with E-state index in [4.69, 9.17) is 5.11 Å². The van der Waals surface area contributed by atoms with Crippen molar-refractivity contribution in [2.24, 2.45) is 0 Å². The largest absolute Gasteiger partial charge is 0.476 e. The molecular formula is C12H13FO2. The second-order valence-corrected chi connectivity index (χ2v) is 3.62. The molecule has 2 nitrogen and oxygen atoms in total. The minimum Gasteiger partial charge on any atom is -0.476 e. The standard InChI is InChI=1S/C12H13FO2/c1-8(2)10-5-3-9(4-6-10)7-11(13)12(14)15/h3-8H,1-2H3,(H,14,15)/b11-7+. The van der Waals surface area contributed by atoms with Crippen molar-refractivity contribution in [2.45, 2.75) is 19.8 Å². The number of hydrogen-bond acceptors (Lipinski definition) is 1. The summed E-state index contributed by atoms with van der Waals surface area (Å²) in [6.07, 6.45) is 1.01. The summed E-state index contributed by atoms with van der Waals surface area (Å²) in [4.78, 5) is 10.2. The summed E-state index contributed by atoms with van der Waals surface area (Å²) in [7, 11) is 0. The van der Waals surface area contributed by atoms with Gasteiger partial charge < -0.3 is 5.11 Å². The quantitative estimate of drug-likeness (QED) is 0.774. The second kappa shape index (κ2) is 4.73. The summed E-state index contributed by atoms with van der Waals surface area (Å²) in [6.45, 7) is 4.12. The van der Waals surface area contributed by atoms with E-state index in [0.29, 0.717) is 11.5 Å². The Labute approximate surface area is 88.1 Å². The highest BCUT2D eigenvalue weighted by Crippen LogP contribution is 2.16. The van der Waals surface area contributed by atoms with E-state index < -0.39 is 11.8 Å². The maximum atomic E-state index is 12.7. The Morgan fingerprint density at radius 1 is 1.33 bits per heavy atom. The van der Waals surface area contributed by atoms with E-state index in [-0.39, 0.29) is 0 Å². The average Bonchev–Trinajstić information content (AvgIpc) is 2.18. The van der Waals surface area contributed by atoms with Gasteiger partial charge in [-0.1, -0.05) is 38.1 Å². The molecule has 1 rings (SSSR count). The van der Waals surface area contributed by atoms with Crippen molar-refractivity contribution in [1.29, 1.82) is 0 Å². The molecule has 0 aliphatic carbocycles. The van der Waals surface area contributed by atoms with E-state index in [2.05, 4.69) is 13.8 Å². The molecule has 0 aliphatic rings. The lowest BCUT2D eigenvalue weighted by Crippen LogP contribution is -1.94. The molecule has 0 aromatic heterocycles. The molecule has 0 aliphatic heterocycles. The van der Waals surface area contributed by atoms with Crippen LogP contribution in [0.3, 0.4) is 0 Å². The Bertz CT molecular complexity index is 377. The molecule has 1 aromatic rings. The number of hydrogen-bond donors (Lipinski definition) is 1. The summed E-state index contributed by atoms with van der Waals surface area (Å²) < 4.78 is 12.7. The molecule has 0 fully saturated rings. The molecule has 0 spiro atoms. The normalized spacial score (nSPS) is 11.9. The molecule has 0 saturated heterocycles. The van der Waals surface area contributed by atoms with Gasteiger partial charge in [0.2, 0.25) is 5.83 Å². The van der Waals surface area contributed by atoms with Crippen LogP contribution in [0.2, 0.25) is 0 Å². The zero-order chi connectivity index (χ0) is 11.4. The molecule has 0 radical (unpaired) electrons. The van der Waals surface area contributed by atoms with Crippen LogP contribution in [-0.2, 0) is 4.79 Å². The van der Waals surface area contributed by atoms with Gasteiger partial charge in [-0.05, 0) is 23.1 Å². The predicted molar refractivity (Wildman–Crippen MR) is 57.3 cm³/mol. The highest BCUT2D eigenvalue weighted by molar-refractivity contribution is 5.89. The Morgan fingerprint density at radius 3 is 2.27 bits per heavy atom. The molecule has 0 amide bonds. The van der Waals surface area contributed by atoms with Gasteiger partial charge in [0.15, 0.2) is 0 Å². The third-order valence-corrected chi connectivity index (χ3v) is 2.10. The fourth-order valence-electron chi connectivity index (χ4n) is 1.19. The Hall–Kier alpha value is -1.64. The van der Waals surface area contributed by atoms with Gasteiger partial charge >= 0.3 is 5.97 Å². The zero-order valence-electron chi connectivity index (χ0n) is 8.70. The van der Waals surface area contributed by atoms with E-state index in [1.165, 1.54) is 0 Å². The van der Waals surface area contributed by atoms with Crippen LogP contribution in [0, 0.1) is 0 Å². The third-order valence-electron chi connectivity index (χ3n) is 2.10. The van der Waals surface area contributed by atoms with Gasteiger partial charge in [0.1, 0.15) is 0 Å². The first kappa shape index (κ1) is 11.4. The molecule has 15 heavy (non-hydrogen) atoms.